The molecule has 0 saturated heterocycles. The topological polar surface area (TPSA) is 100 Å². The highest BCUT2D eigenvalue weighted by Gasteiger charge is 1.99. The highest BCUT2D eigenvalue weighted by Crippen LogP contribution is 2.05. The summed E-state index contributed by atoms with van der Waals surface area (Å²) >= 11 is 0. The molecule has 1 heterocycles. The van der Waals surface area contributed by atoms with Crippen molar-refractivity contribution in [3.05, 3.63) is 17.5 Å². The molecule has 0 radical (unpaired) electrons. The molecular formula is C11H22N6O. The van der Waals surface area contributed by atoms with Gasteiger partial charge in [0.25, 0.3) is 0 Å². The number of hydrogen-bond donors (Lipinski definition) is 4. The molecule has 0 fully saturated rings. The van der Waals surface area contributed by atoms with E-state index in [1.165, 1.54) is 5.56 Å². The number of aromatic nitrogens is 2. The molecular weight excluding hydrogens is 232 g/mol. The van der Waals surface area contributed by atoms with E-state index in [1.54, 1.807) is 7.11 Å². The van der Waals surface area contributed by atoms with Crippen molar-refractivity contribution in [2.45, 2.75) is 19.8 Å². The van der Waals surface area contributed by atoms with Gasteiger partial charge in [-0.1, -0.05) is 0 Å². The van der Waals surface area contributed by atoms with E-state index >= 15 is 0 Å². The van der Waals surface area contributed by atoms with Gasteiger partial charge in [-0.15, -0.1) is 0 Å². The molecule has 7 nitrogen and oxygen atoms in total. The minimum Gasteiger partial charge on any atom is -0.383 e. The Morgan fingerprint density at radius 2 is 2.44 bits per heavy atom. The first kappa shape index (κ1) is 14.5. The summed E-state index contributed by atoms with van der Waals surface area (Å²) in [7, 11) is 1.65. The molecule has 0 spiro atoms. The quantitative estimate of drug-likeness (QED) is 0.176. The number of hydrogen-bond acceptors (Lipinski definition) is 4. The molecule has 1 rings (SSSR count). The van der Waals surface area contributed by atoms with Gasteiger partial charge in [0.15, 0.2) is 0 Å². The average molecular weight is 254 g/mol. The normalized spacial score (nSPS) is 11.6. The minimum absolute atomic E-state index is 0.593. The Balaban J connectivity index is 2.23. The maximum atomic E-state index is 5.36. The predicted molar refractivity (Wildman–Crippen MR) is 71.1 cm³/mol. The zero-order valence-electron chi connectivity index (χ0n) is 11.0. The van der Waals surface area contributed by atoms with Gasteiger partial charge in [-0.25, -0.2) is 5.84 Å². The third-order valence-electron chi connectivity index (χ3n) is 2.54. The Morgan fingerprint density at radius 3 is 3.06 bits per heavy atom. The Hall–Kier alpha value is -1.60. The van der Waals surface area contributed by atoms with Crippen molar-refractivity contribution >= 4 is 5.96 Å². The number of ether oxygens (including phenoxy) is 1. The Morgan fingerprint density at radius 1 is 1.61 bits per heavy atom. The highest BCUT2D eigenvalue weighted by atomic mass is 16.5. The number of nitrogens with zero attached hydrogens (tertiary/aromatic N) is 2. The molecule has 0 atom stereocenters. The zero-order chi connectivity index (χ0) is 13.2. The molecule has 0 amide bonds. The van der Waals surface area contributed by atoms with Crippen LogP contribution in [0.25, 0.3) is 0 Å². The van der Waals surface area contributed by atoms with Gasteiger partial charge in [0.05, 0.1) is 12.8 Å². The van der Waals surface area contributed by atoms with Crippen LogP contribution in [-0.2, 0) is 11.2 Å². The lowest BCUT2D eigenvalue weighted by Crippen LogP contribution is -2.42. The lowest BCUT2D eigenvalue weighted by molar-refractivity contribution is 0.203. The maximum absolute atomic E-state index is 5.36. The summed E-state index contributed by atoms with van der Waals surface area (Å²) < 4.78 is 4.93. The number of hydrazine groups is 1. The van der Waals surface area contributed by atoms with Gasteiger partial charge in [0, 0.05) is 25.9 Å². The summed E-state index contributed by atoms with van der Waals surface area (Å²) in [5.41, 5.74) is 4.89. The number of guanidine groups is 1. The predicted octanol–water partition coefficient (Wildman–Crippen LogP) is -0.294. The molecule has 5 N–H and O–H groups in total. The van der Waals surface area contributed by atoms with Crippen LogP contribution < -0.4 is 16.6 Å². The zero-order valence-corrected chi connectivity index (χ0v) is 11.0. The Kier molecular flexibility index (Phi) is 6.82. The summed E-state index contributed by atoms with van der Waals surface area (Å²) in [4.78, 5) is 4.33. The molecule has 0 bridgehead atoms. The molecule has 18 heavy (non-hydrogen) atoms. The lowest BCUT2D eigenvalue weighted by Gasteiger charge is -2.08. The fourth-order valence-corrected chi connectivity index (χ4v) is 1.51. The van der Waals surface area contributed by atoms with Gasteiger partial charge < -0.3 is 10.1 Å². The van der Waals surface area contributed by atoms with E-state index in [4.69, 9.17) is 10.6 Å². The number of nitrogens with one attached hydrogen (secondary N) is 3. The van der Waals surface area contributed by atoms with Crippen molar-refractivity contribution in [2.75, 3.05) is 26.8 Å². The molecule has 0 aliphatic carbocycles. The van der Waals surface area contributed by atoms with E-state index < -0.39 is 0 Å². The second-order valence-corrected chi connectivity index (χ2v) is 3.92. The smallest absolute Gasteiger partial charge is 0.205 e. The molecule has 102 valence electrons. The molecule has 0 aliphatic rings. The van der Waals surface area contributed by atoms with Gasteiger partial charge in [-0.05, 0) is 25.3 Å². The number of aliphatic imine (C=N–C) groups is 1. The van der Waals surface area contributed by atoms with E-state index in [9.17, 15) is 0 Å². The van der Waals surface area contributed by atoms with Gasteiger partial charge >= 0.3 is 0 Å². The van der Waals surface area contributed by atoms with Crippen LogP contribution in [0.5, 0.6) is 0 Å². The molecule has 1 aromatic heterocycles. The minimum atomic E-state index is 0.593. The summed E-state index contributed by atoms with van der Waals surface area (Å²) in [5, 5.41) is 9.95. The third kappa shape index (κ3) is 5.15. The standard InChI is InChI=1S/C11H22N6O/c1-9-10(8-15-17-9)4-3-5-13-11(16-12)14-6-7-18-2/h8H,3-7,12H2,1-2H3,(H,15,17)(H2,13,14,16). The number of nitrogens with two attached hydrogens (primary N) is 1. The van der Waals surface area contributed by atoms with E-state index in [2.05, 4.69) is 25.9 Å². The van der Waals surface area contributed by atoms with Crippen molar-refractivity contribution in [3.8, 4) is 0 Å². The number of rotatable bonds is 7. The van der Waals surface area contributed by atoms with Crippen LogP contribution in [0.2, 0.25) is 0 Å². The number of aromatic amines is 1. The lowest BCUT2D eigenvalue weighted by atomic mass is 10.1. The van der Waals surface area contributed by atoms with Crippen LogP contribution in [0.4, 0.5) is 0 Å². The number of aryl methyl sites for hydroxylation is 2. The molecule has 0 aromatic carbocycles. The van der Waals surface area contributed by atoms with Crippen LogP contribution >= 0.6 is 0 Å². The third-order valence-corrected chi connectivity index (χ3v) is 2.54. The largest absolute Gasteiger partial charge is 0.383 e. The Labute approximate surface area is 107 Å². The van der Waals surface area contributed by atoms with Crippen LogP contribution in [-0.4, -0.2) is 43.0 Å². The van der Waals surface area contributed by atoms with Gasteiger partial charge in [-0.3, -0.25) is 15.5 Å². The first-order valence-corrected chi connectivity index (χ1v) is 6.00. The fraction of sp³-hybridized carbons (Fsp3) is 0.636. The Bertz CT molecular complexity index is 362. The van der Waals surface area contributed by atoms with Crippen LogP contribution in [0.1, 0.15) is 17.7 Å². The average Bonchev–Trinajstić information content (AvgIpc) is 2.78. The molecule has 0 unspecified atom stereocenters. The van der Waals surface area contributed by atoms with Gasteiger partial charge in [0.1, 0.15) is 0 Å². The summed E-state index contributed by atoms with van der Waals surface area (Å²) in [6, 6.07) is 0. The fourth-order valence-electron chi connectivity index (χ4n) is 1.51. The first-order chi connectivity index (χ1) is 8.77. The summed E-state index contributed by atoms with van der Waals surface area (Å²) in [5.74, 6) is 5.95. The van der Waals surface area contributed by atoms with Crippen molar-refractivity contribution < 1.29 is 4.74 Å². The number of methoxy groups -OCH3 is 1. The SMILES string of the molecule is COCCNC(=NCCCc1cn[nH]c1C)NN. The monoisotopic (exact) mass is 254 g/mol. The summed E-state index contributed by atoms with van der Waals surface area (Å²) in [6.45, 7) is 4.03. The second kappa shape index (κ2) is 8.48. The van der Waals surface area contributed by atoms with Crippen LogP contribution in [0, 0.1) is 6.92 Å². The van der Waals surface area contributed by atoms with Gasteiger partial charge in [-0.2, -0.15) is 5.10 Å². The van der Waals surface area contributed by atoms with Crippen molar-refractivity contribution in [2.24, 2.45) is 10.8 Å². The van der Waals surface area contributed by atoms with E-state index in [1.807, 2.05) is 13.1 Å². The molecule has 0 aliphatic heterocycles. The van der Waals surface area contributed by atoms with Crippen LogP contribution in [0.15, 0.2) is 11.2 Å². The van der Waals surface area contributed by atoms with E-state index in [0.29, 0.717) is 25.7 Å². The second-order valence-electron chi connectivity index (χ2n) is 3.92. The summed E-state index contributed by atoms with van der Waals surface area (Å²) in [6.07, 6.45) is 3.78. The molecule has 0 saturated carbocycles. The van der Waals surface area contributed by atoms with E-state index in [0.717, 1.165) is 18.5 Å². The van der Waals surface area contributed by atoms with Crippen molar-refractivity contribution in [3.63, 3.8) is 0 Å². The van der Waals surface area contributed by atoms with E-state index in [-0.39, 0.29) is 0 Å². The van der Waals surface area contributed by atoms with Gasteiger partial charge in [0.2, 0.25) is 5.96 Å². The molecule has 7 heteroatoms. The number of H-pyrrole nitrogens is 1. The van der Waals surface area contributed by atoms with Crippen molar-refractivity contribution in [1.82, 2.24) is 20.9 Å². The highest BCUT2D eigenvalue weighted by molar-refractivity contribution is 5.79. The van der Waals surface area contributed by atoms with Crippen LogP contribution in [0.3, 0.4) is 0 Å². The van der Waals surface area contributed by atoms with Crippen molar-refractivity contribution in [1.29, 1.82) is 0 Å². The maximum Gasteiger partial charge on any atom is 0.205 e. The first-order valence-electron chi connectivity index (χ1n) is 6.00. The molecule has 1 aromatic rings.